The fraction of sp³-hybridized carbons (Fsp3) is 0.455. The maximum absolute atomic E-state index is 13.1. The number of nitrogens with two attached hydrogens (primary N) is 1. The summed E-state index contributed by atoms with van der Waals surface area (Å²) < 4.78 is 62.9. The second-order valence-electron chi connectivity index (χ2n) is 4.28. The first-order chi connectivity index (χ1) is 8.02. The SMILES string of the molecule is CC(C)(ON)c1cccc(C(F)(F)C(F)(F)F)c1. The average molecular weight is 269 g/mol. The number of benzene rings is 1. The van der Waals surface area contributed by atoms with Gasteiger partial charge in [0.2, 0.25) is 0 Å². The van der Waals surface area contributed by atoms with Gasteiger partial charge in [-0.25, -0.2) is 5.90 Å². The van der Waals surface area contributed by atoms with Gasteiger partial charge >= 0.3 is 12.1 Å². The van der Waals surface area contributed by atoms with Crippen molar-refractivity contribution in [3.63, 3.8) is 0 Å². The molecule has 1 rings (SSSR count). The first-order valence-corrected chi connectivity index (χ1v) is 4.96. The van der Waals surface area contributed by atoms with Gasteiger partial charge in [0.1, 0.15) is 5.60 Å². The monoisotopic (exact) mass is 269 g/mol. The van der Waals surface area contributed by atoms with Crippen molar-refractivity contribution in [2.24, 2.45) is 5.90 Å². The molecule has 0 saturated heterocycles. The first-order valence-electron chi connectivity index (χ1n) is 4.96. The minimum Gasteiger partial charge on any atom is -0.294 e. The van der Waals surface area contributed by atoms with Gasteiger partial charge in [-0.1, -0.05) is 18.2 Å². The standard InChI is InChI=1S/C11H12F5NO/c1-9(2,18-17)7-4-3-5-8(6-7)10(12,13)11(14,15)16/h3-6H,17H2,1-2H3. The highest BCUT2D eigenvalue weighted by molar-refractivity contribution is 5.31. The lowest BCUT2D eigenvalue weighted by molar-refractivity contribution is -0.289. The van der Waals surface area contributed by atoms with Crippen LogP contribution in [0.15, 0.2) is 24.3 Å². The highest BCUT2D eigenvalue weighted by Gasteiger charge is 2.58. The zero-order chi connectivity index (χ0) is 14.2. The Morgan fingerprint density at radius 3 is 1.94 bits per heavy atom. The first kappa shape index (κ1) is 14.8. The molecule has 0 radical (unpaired) electrons. The van der Waals surface area contributed by atoms with Gasteiger partial charge in [0.05, 0.1) is 0 Å². The molecule has 0 aliphatic heterocycles. The molecule has 0 bridgehead atoms. The van der Waals surface area contributed by atoms with Crippen LogP contribution in [0.2, 0.25) is 0 Å². The number of hydrogen-bond acceptors (Lipinski definition) is 2. The van der Waals surface area contributed by atoms with Crippen molar-refractivity contribution >= 4 is 0 Å². The van der Waals surface area contributed by atoms with E-state index in [1.54, 1.807) is 0 Å². The zero-order valence-electron chi connectivity index (χ0n) is 9.68. The summed E-state index contributed by atoms with van der Waals surface area (Å²) in [7, 11) is 0. The highest BCUT2D eigenvalue weighted by atomic mass is 19.4. The van der Waals surface area contributed by atoms with Crippen molar-refractivity contribution in [2.75, 3.05) is 0 Å². The predicted molar refractivity (Wildman–Crippen MR) is 54.7 cm³/mol. The number of hydrogen-bond donors (Lipinski definition) is 1. The van der Waals surface area contributed by atoms with Crippen molar-refractivity contribution in [2.45, 2.75) is 31.5 Å². The molecule has 18 heavy (non-hydrogen) atoms. The third-order valence-corrected chi connectivity index (χ3v) is 2.57. The molecule has 0 aliphatic rings. The van der Waals surface area contributed by atoms with E-state index in [-0.39, 0.29) is 5.56 Å². The smallest absolute Gasteiger partial charge is 0.294 e. The molecule has 2 nitrogen and oxygen atoms in total. The van der Waals surface area contributed by atoms with Crippen LogP contribution in [0.3, 0.4) is 0 Å². The van der Waals surface area contributed by atoms with Gasteiger partial charge in [0.25, 0.3) is 0 Å². The molecule has 0 aliphatic carbocycles. The van der Waals surface area contributed by atoms with Gasteiger partial charge in [-0.3, -0.25) is 4.84 Å². The van der Waals surface area contributed by atoms with E-state index in [0.717, 1.165) is 12.1 Å². The molecule has 0 aromatic heterocycles. The van der Waals surface area contributed by atoms with Crippen molar-refractivity contribution in [1.29, 1.82) is 0 Å². The van der Waals surface area contributed by atoms with E-state index in [1.165, 1.54) is 19.9 Å². The normalized spacial score (nSPS) is 13.8. The summed E-state index contributed by atoms with van der Waals surface area (Å²) in [5, 5.41) is 0. The van der Waals surface area contributed by atoms with Gasteiger partial charge in [0, 0.05) is 5.56 Å². The van der Waals surface area contributed by atoms with Crippen LogP contribution in [0.1, 0.15) is 25.0 Å². The Labute approximate surface area is 100 Å². The average Bonchev–Trinajstić information content (AvgIpc) is 2.27. The van der Waals surface area contributed by atoms with Crippen LogP contribution in [0.25, 0.3) is 0 Å². The number of alkyl halides is 5. The molecule has 1 aromatic carbocycles. The Bertz CT molecular complexity index is 428. The molecule has 0 unspecified atom stereocenters. The van der Waals surface area contributed by atoms with Crippen molar-refractivity contribution in [3.05, 3.63) is 35.4 Å². The Hall–Kier alpha value is -1.21. The third kappa shape index (κ3) is 2.62. The second-order valence-corrected chi connectivity index (χ2v) is 4.28. The van der Waals surface area contributed by atoms with Crippen LogP contribution in [0, 0.1) is 0 Å². The summed E-state index contributed by atoms with van der Waals surface area (Å²) in [5.74, 6) is 0.0645. The van der Waals surface area contributed by atoms with Crippen LogP contribution in [0.4, 0.5) is 22.0 Å². The van der Waals surface area contributed by atoms with Crippen LogP contribution in [0.5, 0.6) is 0 Å². The Morgan fingerprint density at radius 1 is 1.00 bits per heavy atom. The molecule has 0 spiro atoms. The number of halogens is 5. The Kier molecular flexibility index (Phi) is 3.69. The van der Waals surface area contributed by atoms with E-state index in [2.05, 4.69) is 4.84 Å². The maximum Gasteiger partial charge on any atom is 0.458 e. The van der Waals surface area contributed by atoms with Crippen LogP contribution < -0.4 is 5.90 Å². The molecule has 102 valence electrons. The molecule has 0 heterocycles. The molecule has 7 heteroatoms. The second kappa shape index (κ2) is 4.47. The van der Waals surface area contributed by atoms with E-state index < -0.39 is 23.3 Å². The Balaban J connectivity index is 3.26. The van der Waals surface area contributed by atoms with Gasteiger partial charge in [-0.2, -0.15) is 22.0 Å². The number of rotatable bonds is 3. The zero-order valence-corrected chi connectivity index (χ0v) is 9.68. The van der Waals surface area contributed by atoms with Gasteiger partial charge < -0.3 is 0 Å². The maximum atomic E-state index is 13.1. The van der Waals surface area contributed by atoms with Crippen molar-refractivity contribution in [3.8, 4) is 0 Å². The quantitative estimate of drug-likeness (QED) is 0.673. The summed E-state index contributed by atoms with van der Waals surface area (Å²) >= 11 is 0. The lowest BCUT2D eigenvalue weighted by atomic mass is 9.94. The van der Waals surface area contributed by atoms with Gasteiger partial charge in [-0.15, -0.1) is 0 Å². The van der Waals surface area contributed by atoms with Crippen LogP contribution in [-0.4, -0.2) is 6.18 Å². The topological polar surface area (TPSA) is 35.2 Å². The predicted octanol–water partition coefficient (Wildman–Crippen LogP) is 3.47. The molecular weight excluding hydrogens is 257 g/mol. The van der Waals surface area contributed by atoms with E-state index in [0.29, 0.717) is 6.07 Å². The van der Waals surface area contributed by atoms with E-state index in [9.17, 15) is 22.0 Å². The minimum absolute atomic E-state index is 0.131. The molecule has 0 fully saturated rings. The van der Waals surface area contributed by atoms with Crippen molar-refractivity contribution in [1.82, 2.24) is 0 Å². The largest absolute Gasteiger partial charge is 0.458 e. The summed E-state index contributed by atoms with van der Waals surface area (Å²) in [4.78, 5) is 4.55. The summed E-state index contributed by atoms with van der Waals surface area (Å²) in [6.07, 6.45) is -5.64. The summed E-state index contributed by atoms with van der Waals surface area (Å²) in [5.41, 5.74) is -2.17. The minimum atomic E-state index is -5.64. The molecular formula is C11H12F5NO. The molecule has 0 saturated carbocycles. The van der Waals surface area contributed by atoms with E-state index in [4.69, 9.17) is 5.90 Å². The third-order valence-electron chi connectivity index (χ3n) is 2.57. The van der Waals surface area contributed by atoms with Gasteiger partial charge in [0.15, 0.2) is 0 Å². The lowest BCUT2D eigenvalue weighted by Gasteiger charge is -2.25. The van der Waals surface area contributed by atoms with E-state index >= 15 is 0 Å². The van der Waals surface area contributed by atoms with Crippen LogP contribution in [-0.2, 0) is 16.4 Å². The Morgan fingerprint density at radius 2 is 1.50 bits per heavy atom. The van der Waals surface area contributed by atoms with Crippen molar-refractivity contribution < 1.29 is 26.8 Å². The van der Waals surface area contributed by atoms with Crippen LogP contribution >= 0.6 is 0 Å². The summed E-state index contributed by atoms with van der Waals surface area (Å²) in [6.45, 7) is 2.91. The fourth-order valence-corrected chi connectivity index (χ4v) is 1.32. The van der Waals surface area contributed by atoms with Gasteiger partial charge in [-0.05, 0) is 25.5 Å². The lowest BCUT2D eigenvalue weighted by Crippen LogP contribution is -2.34. The highest BCUT2D eigenvalue weighted by Crippen LogP contribution is 2.44. The molecule has 2 N–H and O–H groups in total. The molecule has 1 aromatic rings. The molecule has 0 amide bonds. The fourth-order valence-electron chi connectivity index (χ4n) is 1.32. The molecule has 0 atom stereocenters. The van der Waals surface area contributed by atoms with E-state index in [1.807, 2.05) is 0 Å². The summed E-state index contributed by atoms with van der Waals surface area (Å²) in [6, 6.07) is 3.91.